The normalized spacial score (nSPS) is 13.6. The minimum absolute atomic E-state index is 0.0186. The van der Waals surface area contributed by atoms with Crippen molar-refractivity contribution in [2.24, 2.45) is 0 Å². The molecule has 0 saturated carbocycles. The number of ether oxygens (including phenoxy) is 2. The van der Waals surface area contributed by atoms with Crippen molar-refractivity contribution < 1.29 is 14.3 Å². The van der Waals surface area contributed by atoms with Gasteiger partial charge in [-0.25, -0.2) is 0 Å². The lowest BCUT2D eigenvalue weighted by Gasteiger charge is -2.15. The van der Waals surface area contributed by atoms with E-state index in [1.165, 1.54) is 11.1 Å². The fraction of sp³-hybridized carbons (Fsp3) is 0.316. The second kappa shape index (κ2) is 7.18. The van der Waals surface area contributed by atoms with Crippen LogP contribution in [-0.2, 0) is 4.79 Å². The van der Waals surface area contributed by atoms with Crippen molar-refractivity contribution in [2.45, 2.75) is 31.7 Å². The number of rotatable bonds is 5. The zero-order valence-corrected chi connectivity index (χ0v) is 14.9. The van der Waals surface area contributed by atoms with Gasteiger partial charge in [0.1, 0.15) is 0 Å². The standard InChI is InChI=1S/C19H21NO3S/c1-12-4-7-18(13(2)8-12)24-10-19(21)20-14(3)15-5-6-16-17(9-15)23-11-22-16/h4-9,14H,10-11H2,1-3H3,(H,20,21)/t14-/m0/s1. The highest BCUT2D eigenvalue weighted by atomic mass is 32.2. The summed E-state index contributed by atoms with van der Waals surface area (Å²) in [5, 5.41) is 3.03. The maximum atomic E-state index is 12.2. The Labute approximate surface area is 146 Å². The Balaban J connectivity index is 1.56. The van der Waals surface area contributed by atoms with Gasteiger partial charge in [-0.15, -0.1) is 11.8 Å². The number of carbonyl (C=O) groups excluding carboxylic acids is 1. The van der Waals surface area contributed by atoms with E-state index in [0.29, 0.717) is 5.75 Å². The first-order valence-corrected chi connectivity index (χ1v) is 8.90. The van der Waals surface area contributed by atoms with Gasteiger partial charge >= 0.3 is 0 Å². The van der Waals surface area contributed by atoms with Gasteiger partial charge < -0.3 is 14.8 Å². The van der Waals surface area contributed by atoms with Gasteiger partial charge in [0.15, 0.2) is 11.5 Å². The number of hydrogen-bond acceptors (Lipinski definition) is 4. The zero-order valence-electron chi connectivity index (χ0n) is 14.1. The van der Waals surface area contributed by atoms with E-state index in [1.807, 2.05) is 25.1 Å². The molecule has 2 aromatic rings. The number of amides is 1. The second-order valence-corrected chi connectivity index (χ2v) is 6.98. The minimum Gasteiger partial charge on any atom is -0.454 e. The van der Waals surface area contributed by atoms with Gasteiger partial charge in [0.05, 0.1) is 11.8 Å². The molecule has 24 heavy (non-hydrogen) atoms. The number of hydrogen-bond donors (Lipinski definition) is 1. The zero-order chi connectivity index (χ0) is 17.1. The van der Waals surface area contributed by atoms with Crippen LogP contribution >= 0.6 is 11.8 Å². The van der Waals surface area contributed by atoms with E-state index in [2.05, 4.69) is 37.4 Å². The van der Waals surface area contributed by atoms with Crippen molar-refractivity contribution >= 4 is 17.7 Å². The molecule has 0 unspecified atom stereocenters. The summed E-state index contributed by atoms with van der Waals surface area (Å²) in [4.78, 5) is 13.4. The summed E-state index contributed by atoms with van der Waals surface area (Å²) >= 11 is 1.56. The summed E-state index contributed by atoms with van der Waals surface area (Å²) < 4.78 is 10.7. The van der Waals surface area contributed by atoms with Crippen LogP contribution in [0.25, 0.3) is 0 Å². The van der Waals surface area contributed by atoms with Crippen molar-refractivity contribution in [2.75, 3.05) is 12.5 Å². The van der Waals surface area contributed by atoms with Crippen LogP contribution in [0.15, 0.2) is 41.3 Å². The van der Waals surface area contributed by atoms with Crippen molar-refractivity contribution in [3.05, 3.63) is 53.1 Å². The molecule has 1 amide bonds. The molecular weight excluding hydrogens is 322 g/mol. The third-order valence-corrected chi connectivity index (χ3v) is 5.14. The summed E-state index contributed by atoms with van der Waals surface area (Å²) in [6.07, 6.45) is 0. The number of fused-ring (bicyclic) bond motifs is 1. The van der Waals surface area contributed by atoms with Crippen LogP contribution in [-0.4, -0.2) is 18.5 Å². The van der Waals surface area contributed by atoms with Gasteiger partial charge in [-0.05, 0) is 50.1 Å². The molecule has 3 rings (SSSR count). The Morgan fingerprint density at radius 1 is 1.17 bits per heavy atom. The number of thioether (sulfide) groups is 1. The molecule has 0 aromatic heterocycles. The lowest BCUT2D eigenvalue weighted by Crippen LogP contribution is -2.28. The predicted octanol–water partition coefficient (Wildman–Crippen LogP) is 4.00. The molecule has 1 heterocycles. The van der Waals surface area contributed by atoms with Gasteiger partial charge in [0.25, 0.3) is 0 Å². The third kappa shape index (κ3) is 3.85. The monoisotopic (exact) mass is 343 g/mol. The topological polar surface area (TPSA) is 47.6 Å². The van der Waals surface area contributed by atoms with E-state index >= 15 is 0 Å². The summed E-state index contributed by atoms with van der Waals surface area (Å²) in [6.45, 7) is 6.37. The van der Waals surface area contributed by atoms with E-state index in [1.54, 1.807) is 11.8 Å². The number of benzene rings is 2. The molecule has 0 bridgehead atoms. The van der Waals surface area contributed by atoms with Crippen molar-refractivity contribution in [3.63, 3.8) is 0 Å². The largest absolute Gasteiger partial charge is 0.454 e. The van der Waals surface area contributed by atoms with E-state index in [9.17, 15) is 4.79 Å². The van der Waals surface area contributed by atoms with Gasteiger partial charge in [0, 0.05) is 4.90 Å². The highest BCUT2D eigenvalue weighted by Crippen LogP contribution is 2.34. The fourth-order valence-corrected chi connectivity index (χ4v) is 3.47. The molecule has 126 valence electrons. The Bertz CT molecular complexity index is 760. The van der Waals surface area contributed by atoms with Gasteiger partial charge in [-0.2, -0.15) is 0 Å². The first-order valence-electron chi connectivity index (χ1n) is 7.92. The van der Waals surface area contributed by atoms with Crippen molar-refractivity contribution in [1.29, 1.82) is 0 Å². The average Bonchev–Trinajstić information content (AvgIpc) is 3.01. The van der Waals surface area contributed by atoms with Crippen LogP contribution < -0.4 is 14.8 Å². The second-order valence-electron chi connectivity index (χ2n) is 5.96. The summed E-state index contributed by atoms with van der Waals surface area (Å²) in [6, 6.07) is 12.0. The third-order valence-electron chi connectivity index (χ3n) is 3.96. The molecule has 5 heteroatoms. The maximum Gasteiger partial charge on any atom is 0.231 e. The number of nitrogens with one attached hydrogen (secondary N) is 1. The quantitative estimate of drug-likeness (QED) is 0.834. The minimum atomic E-state index is -0.0771. The van der Waals surface area contributed by atoms with Crippen LogP contribution in [0.3, 0.4) is 0 Å². The molecule has 1 atom stereocenters. The van der Waals surface area contributed by atoms with Crippen molar-refractivity contribution in [3.8, 4) is 11.5 Å². The smallest absolute Gasteiger partial charge is 0.231 e. The van der Waals surface area contributed by atoms with Gasteiger partial charge in [0.2, 0.25) is 12.7 Å². The maximum absolute atomic E-state index is 12.2. The highest BCUT2D eigenvalue weighted by molar-refractivity contribution is 8.00. The molecule has 4 nitrogen and oxygen atoms in total. The summed E-state index contributed by atoms with van der Waals surface area (Å²) in [7, 11) is 0. The predicted molar refractivity (Wildman–Crippen MR) is 95.8 cm³/mol. The first-order chi connectivity index (χ1) is 11.5. The van der Waals surface area contributed by atoms with Crippen LogP contribution in [0.4, 0.5) is 0 Å². The van der Waals surface area contributed by atoms with Gasteiger partial charge in [-0.3, -0.25) is 4.79 Å². The van der Waals surface area contributed by atoms with Crippen LogP contribution in [0.1, 0.15) is 29.7 Å². The molecule has 0 fully saturated rings. The molecule has 1 N–H and O–H groups in total. The molecule has 1 aliphatic heterocycles. The average molecular weight is 343 g/mol. The van der Waals surface area contributed by atoms with E-state index in [0.717, 1.165) is 22.0 Å². The van der Waals surface area contributed by atoms with E-state index in [-0.39, 0.29) is 18.7 Å². The Morgan fingerprint density at radius 3 is 2.75 bits per heavy atom. The number of carbonyl (C=O) groups is 1. The first kappa shape index (κ1) is 16.7. The van der Waals surface area contributed by atoms with Crippen molar-refractivity contribution in [1.82, 2.24) is 5.32 Å². The Hall–Kier alpha value is -2.14. The van der Waals surface area contributed by atoms with E-state index < -0.39 is 0 Å². The summed E-state index contributed by atoms with van der Waals surface area (Å²) in [5.41, 5.74) is 3.44. The molecule has 0 radical (unpaired) electrons. The summed E-state index contributed by atoms with van der Waals surface area (Å²) in [5.74, 6) is 1.91. The molecule has 0 saturated heterocycles. The molecule has 1 aliphatic rings. The fourth-order valence-electron chi connectivity index (χ4n) is 2.65. The Morgan fingerprint density at radius 2 is 1.96 bits per heavy atom. The molecular formula is C19H21NO3S. The highest BCUT2D eigenvalue weighted by Gasteiger charge is 2.17. The lowest BCUT2D eigenvalue weighted by molar-refractivity contribution is -0.119. The Kier molecular flexibility index (Phi) is 5.00. The van der Waals surface area contributed by atoms with E-state index in [4.69, 9.17) is 9.47 Å². The van der Waals surface area contributed by atoms with Crippen LogP contribution in [0.5, 0.6) is 11.5 Å². The molecule has 2 aromatic carbocycles. The SMILES string of the molecule is Cc1ccc(SCC(=O)N[C@@H](C)c2ccc3c(c2)OCO3)c(C)c1. The number of aryl methyl sites for hydroxylation is 2. The van der Waals surface area contributed by atoms with Gasteiger partial charge in [-0.1, -0.05) is 23.8 Å². The molecule has 0 aliphatic carbocycles. The van der Waals surface area contributed by atoms with Crippen LogP contribution in [0.2, 0.25) is 0 Å². The molecule has 0 spiro atoms. The lowest BCUT2D eigenvalue weighted by atomic mass is 10.1. The van der Waals surface area contributed by atoms with Crippen LogP contribution in [0, 0.1) is 13.8 Å².